The number of fused-ring (bicyclic) bond motifs is 1. The van der Waals surface area contributed by atoms with Crippen LogP contribution < -0.4 is 15.4 Å². The highest BCUT2D eigenvalue weighted by atomic mass is 35.5. The molecule has 6 heteroatoms. The molecule has 0 saturated carbocycles. The predicted molar refractivity (Wildman–Crippen MR) is 129 cm³/mol. The van der Waals surface area contributed by atoms with E-state index in [0.29, 0.717) is 22.5 Å². The minimum atomic E-state index is 0.411. The highest BCUT2D eigenvalue weighted by Crippen LogP contribution is 2.33. The van der Waals surface area contributed by atoms with E-state index in [9.17, 15) is 0 Å². The monoisotopic (exact) mass is 440 g/mol. The number of anilines is 2. The van der Waals surface area contributed by atoms with Gasteiger partial charge in [-0.3, -0.25) is 0 Å². The summed E-state index contributed by atoms with van der Waals surface area (Å²) in [6, 6.07) is 21.1. The van der Waals surface area contributed by atoms with Gasteiger partial charge in [-0.25, -0.2) is 9.97 Å². The highest BCUT2D eigenvalue weighted by Gasteiger charge is 2.11. The van der Waals surface area contributed by atoms with Crippen molar-refractivity contribution in [2.24, 2.45) is 5.92 Å². The lowest BCUT2D eigenvalue weighted by atomic mass is 10.1. The summed E-state index contributed by atoms with van der Waals surface area (Å²) in [5.41, 5.74) is 2.61. The summed E-state index contributed by atoms with van der Waals surface area (Å²) in [7, 11) is 0. The SMILES string of the molecule is Clc1cc(Nc2ncnc3ccc(C#CC4CCNC4)cc23)ccc1Oc1ccccc1. The van der Waals surface area contributed by atoms with Gasteiger partial charge in [-0.05, 0) is 61.5 Å². The van der Waals surface area contributed by atoms with Crippen molar-refractivity contribution in [3.8, 4) is 23.3 Å². The summed E-state index contributed by atoms with van der Waals surface area (Å²) < 4.78 is 5.86. The molecule has 1 aliphatic heterocycles. The molecule has 158 valence electrons. The van der Waals surface area contributed by atoms with Gasteiger partial charge in [0.25, 0.3) is 0 Å². The van der Waals surface area contributed by atoms with E-state index in [1.165, 1.54) is 0 Å². The number of nitrogens with one attached hydrogen (secondary N) is 2. The van der Waals surface area contributed by atoms with E-state index in [1.54, 1.807) is 6.33 Å². The molecule has 2 N–H and O–H groups in total. The van der Waals surface area contributed by atoms with Crippen LogP contribution in [0.25, 0.3) is 10.9 Å². The second kappa shape index (κ2) is 9.27. The van der Waals surface area contributed by atoms with E-state index in [-0.39, 0.29) is 0 Å². The molecule has 4 aromatic rings. The van der Waals surface area contributed by atoms with Gasteiger partial charge in [-0.2, -0.15) is 0 Å². The Morgan fingerprint density at radius 1 is 1.03 bits per heavy atom. The minimum absolute atomic E-state index is 0.411. The molecule has 1 saturated heterocycles. The number of aromatic nitrogens is 2. The fraction of sp³-hybridized carbons (Fsp3) is 0.154. The molecule has 1 fully saturated rings. The van der Waals surface area contributed by atoms with Gasteiger partial charge >= 0.3 is 0 Å². The zero-order valence-corrected chi connectivity index (χ0v) is 18.1. The Kier molecular flexibility index (Phi) is 5.89. The van der Waals surface area contributed by atoms with Gasteiger partial charge in [0.15, 0.2) is 0 Å². The van der Waals surface area contributed by atoms with E-state index in [1.807, 2.05) is 66.7 Å². The Balaban J connectivity index is 1.39. The number of nitrogens with zero attached hydrogens (tertiary/aromatic N) is 2. The van der Waals surface area contributed by atoms with Gasteiger partial charge in [0.2, 0.25) is 0 Å². The van der Waals surface area contributed by atoms with Crippen molar-refractivity contribution in [1.82, 2.24) is 15.3 Å². The average molecular weight is 441 g/mol. The van der Waals surface area contributed by atoms with Crippen molar-refractivity contribution in [3.05, 3.63) is 83.6 Å². The molecule has 0 aliphatic carbocycles. The van der Waals surface area contributed by atoms with Gasteiger partial charge in [-0.15, -0.1) is 0 Å². The van der Waals surface area contributed by atoms with Crippen LogP contribution in [-0.4, -0.2) is 23.1 Å². The Morgan fingerprint density at radius 2 is 1.94 bits per heavy atom. The van der Waals surface area contributed by atoms with E-state index in [2.05, 4.69) is 32.4 Å². The zero-order valence-electron chi connectivity index (χ0n) is 17.3. The second-order valence-electron chi connectivity index (χ2n) is 7.60. The molecule has 0 amide bonds. The quantitative estimate of drug-likeness (QED) is 0.394. The predicted octanol–water partition coefficient (Wildman–Crippen LogP) is 5.78. The van der Waals surface area contributed by atoms with Crippen LogP contribution in [0.2, 0.25) is 5.02 Å². The van der Waals surface area contributed by atoms with Crippen LogP contribution in [0, 0.1) is 17.8 Å². The number of hydrogen-bond acceptors (Lipinski definition) is 5. The molecule has 5 nitrogen and oxygen atoms in total. The second-order valence-corrected chi connectivity index (χ2v) is 8.01. The van der Waals surface area contributed by atoms with Crippen LogP contribution in [0.3, 0.4) is 0 Å². The number of halogens is 1. The summed E-state index contributed by atoms with van der Waals surface area (Å²) in [6.45, 7) is 2.00. The van der Waals surface area contributed by atoms with Crippen LogP contribution in [0.1, 0.15) is 12.0 Å². The molecule has 1 aliphatic rings. The summed E-state index contributed by atoms with van der Waals surface area (Å²) >= 11 is 6.47. The molecule has 3 aromatic carbocycles. The first-order valence-electron chi connectivity index (χ1n) is 10.5. The van der Waals surface area contributed by atoms with Crippen molar-refractivity contribution >= 4 is 34.0 Å². The van der Waals surface area contributed by atoms with Crippen molar-refractivity contribution in [2.75, 3.05) is 18.4 Å². The molecule has 1 aromatic heterocycles. The maximum Gasteiger partial charge on any atom is 0.146 e. The first kappa shape index (κ1) is 20.3. The van der Waals surface area contributed by atoms with E-state index < -0.39 is 0 Å². The molecule has 2 heterocycles. The number of para-hydroxylation sites is 1. The van der Waals surface area contributed by atoms with Crippen LogP contribution in [0.4, 0.5) is 11.5 Å². The average Bonchev–Trinajstić information content (AvgIpc) is 3.34. The standard InChI is InChI=1S/C26H21ClN4O/c27-23-15-20(9-11-25(23)32-21-4-2-1-3-5-21)31-26-22-14-18(6-7-19-12-13-28-16-19)8-10-24(22)29-17-30-26/h1-5,8-11,14-15,17,19,28H,12-13,16H2,(H,29,30,31). The first-order chi connectivity index (χ1) is 15.7. The molecule has 1 unspecified atom stereocenters. The third-order valence-corrected chi connectivity index (χ3v) is 5.58. The summed E-state index contributed by atoms with van der Waals surface area (Å²) in [5, 5.41) is 8.11. The topological polar surface area (TPSA) is 59.1 Å². The van der Waals surface area contributed by atoms with Gasteiger partial charge in [0, 0.05) is 29.1 Å². The normalized spacial score (nSPS) is 15.2. The molecule has 0 spiro atoms. The van der Waals surface area contributed by atoms with Crippen molar-refractivity contribution in [3.63, 3.8) is 0 Å². The van der Waals surface area contributed by atoms with E-state index >= 15 is 0 Å². The number of rotatable bonds is 4. The molecule has 0 radical (unpaired) electrons. The lowest BCUT2D eigenvalue weighted by Crippen LogP contribution is -2.07. The third kappa shape index (κ3) is 4.67. The molecule has 32 heavy (non-hydrogen) atoms. The van der Waals surface area contributed by atoms with Crippen molar-refractivity contribution in [2.45, 2.75) is 6.42 Å². The van der Waals surface area contributed by atoms with E-state index in [0.717, 1.165) is 47.4 Å². The van der Waals surface area contributed by atoms with Gasteiger partial charge in [0.1, 0.15) is 23.6 Å². The van der Waals surface area contributed by atoms with Crippen LogP contribution >= 0.6 is 11.6 Å². The fourth-order valence-electron chi connectivity index (χ4n) is 3.61. The molecule has 5 rings (SSSR count). The lowest BCUT2D eigenvalue weighted by Gasteiger charge is -2.11. The smallest absolute Gasteiger partial charge is 0.146 e. The Morgan fingerprint density at radius 3 is 2.75 bits per heavy atom. The highest BCUT2D eigenvalue weighted by molar-refractivity contribution is 6.32. The Bertz CT molecular complexity index is 1310. The number of benzene rings is 3. The molecule has 1 atom stereocenters. The molecule has 0 bridgehead atoms. The van der Waals surface area contributed by atoms with Crippen LogP contribution in [0.5, 0.6) is 11.5 Å². The van der Waals surface area contributed by atoms with Crippen LogP contribution in [0.15, 0.2) is 73.1 Å². The number of hydrogen-bond donors (Lipinski definition) is 2. The van der Waals surface area contributed by atoms with Gasteiger partial charge < -0.3 is 15.4 Å². The molecular weight excluding hydrogens is 420 g/mol. The van der Waals surface area contributed by atoms with Gasteiger partial charge in [0.05, 0.1) is 10.5 Å². The zero-order chi connectivity index (χ0) is 21.8. The Hall–Kier alpha value is -3.59. The van der Waals surface area contributed by atoms with E-state index in [4.69, 9.17) is 16.3 Å². The molecular formula is C26H21ClN4O. The van der Waals surface area contributed by atoms with Crippen LogP contribution in [-0.2, 0) is 0 Å². The number of ether oxygens (including phenoxy) is 1. The summed E-state index contributed by atoms with van der Waals surface area (Å²) in [5.74, 6) is 9.10. The van der Waals surface area contributed by atoms with Gasteiger partial charge in [-0.1, -0.05) is 41.6 Å². The Labute approximate surface area is 191 Å². The largest absolute Gasteiger partial charge is 0.456 e. The maximum absolute atomic E-state index is 6.47. The summed E-state index contributed by atoms with van der Waals surface area (Å²) in [4.78, 5) is 8.83. The van der Waals surface area contributed by atoms with Crippen molar-refractivity contribution < 1.29 is 4.74 Å². The first-order valence-corrected chi connectivity index (χ1v) is 10.9. The summed E-state index contributed by atoms with van der Waals surface area (Å²) in [6.07, 6.45) is 2.65. The maximum atomic E-state index is 6.47. The lowest BCUT2D eigenvalue weighted by molar-refractivity contribution is 0.483. The minimum Gasteiger partial charge on any atom is -0.456 e. The van der Waals surface area contributed by atoms with Crippen molar-refractivity contribution in [1.29, 1.82) is 0 Å². The fourth-order valence-corrected chi connectivity index (χ4v) is 3.83. The third-order valence-electron chi connectivity index (χ3n) is 5.28.